The molecule has 0 radical (unpaired) electrons. The average Bonchev–Trinajstić information content (AvgIpc) is 2.09. The summed E-state index contributed by atoms with van der Waals surface area (Å²) in [6, 6.07) is 0. The quantitative estimate of drug-likeness (QED) is 0.639. The van der Waals surface area contributed by atoms with E-state index in [2.05, 4.69) is 13.5 Å². The van der Waals surface area contributed by atoms with Crippen LogP contribution < -0.4 is 0 Å². The van der Waals surface area contributed by atoms with Crippen molar-refractivity contribution in [1.82, 2.24) is 0 Å². The maximum atomic E-state index is 9.38. The molecule has 0 unspecified atom stereocenters. The van der Waals surface area contributed by atoms with Crippen LogP contribution in [0, 0.1) is 0 Å². The Balaban J connectivity index is 2.53. The smallest absolute Gasteiger partial charge is 0.0755 e. The first kappa shape index (κ1) is 9.53. The highest BCUT2D eigenvalue weighted by Gasteiger charge is 2.11. The van der Waals surface area contributed by atoms with Crippen molar-refractivity contribution in [3.8, 4) is 0 Å². The van der Waals surface area contributed by atoms with Crippen molar-refractivity contribution < 1.29 is 5.11 Å². The maximum Gasteiger partial charge on any atom is 0.0755 e. The average molecular weight is 166 g/mol. The minimum Gasteiger partial charge on any atom is -0.389 e. The van der Waals surface area contributed by atoms with Gasteiger partial charge in [0.05, 0.1) is 6.10 Å². The van der Waals surface area contributed by atoms with Crippen LogP contribution in [0.4, 0.5) is 0 Å². The summed E-state index contributed by atoms with van der Waals surface area (Å²) in [5, 5.41) is 9.38. The molecule has 1 aliphatic rings. The number of aliphatic hydroxyl groups excluding tert-OH is 1. The Morgan fingerprint density at radius 3 is 2.75 bits per heavy atom. The van der Waals surface area contributed by atoms with Crippen LogP contribution in [-0.2, 0) is 0 Å². The summed E-state index contributed by atoms with van der Waals surface area (Å²) in [5.74, 6) is 0. The molecule has 0 fully saturated rings. The molecule has 0 bridgehead atoms. The standard InChI is InChI=1S/C11H18O/c1-3-11(12)8-10-7-5-4-6-9(10)2/h3,11-12H,1,4-8H2,2H3/t11-/m1/s1. The van der Waals surface area contributed by atoms with Gasteiger partial charge in [-0.05, 0) is 39.0 Å². The van der Waals surface area contributed by atoms with Gasteiger partial charge in [0.25, 0.3) is 0 Å². The van der Waals surface area contributed by atoms with Gasteiger partial charge in [0.2, 0.25) is 0 Å². The third-order valence-corrected chi connectivity index (χ3v) is 2.61. The topological polar surface area (TPSA) is 20.2 Å². The first-order valence-electron chi connectivity index (χ1n) is 4.72. The lowest BCUT2D eigenvalue weighted by Gasteiger charge is -2.18. The third kappa shape index (κ3) is 2.49. The number of allylic oxidation sites excluding steroid dienone is 1. The van der Waals surface area contributed by atoms with Crippen molar-refractivity contribution in [2.24, 2.45) is 0 Å². The Morgan fingerprint density at radius 2 is 2.17 bits per heavy atom. The van der Waals surface area contributed by atoms with Crippen molar-refractivity contribution in [3.05, 3.63) is 23.8 Å². The van der Waals surface area contributed by atoms with Crippen molar-refractivity contribution in [2.45, 2.75) is 45.1 Å². The van der Waals surface area contributed by atoms with Gasteiger partial charge >= 0.3 is 0 Å². The number of hydrogen-bond acceptors (Lipinski definition) is 1. The second-order valence-corrected chi connectivity index (χ2v) is 3.60. The monoisotopic (exact) mass is 166 g/mol. The summed E-state index contributed by atoms with van der Waals surface area (Å²) >= 11 is 0. The summed E-state index contributed by atoms with van der Waals surface area (Å²) < 4.78 is 0. The van der Waals surface area contributed by atoms with Gasteiger partial charge in [0.15, 0.2) is 0 Å². The highest BCUT2D eigenvalue weighted by atomic mass is 16.3. The van der Waals surface area contributed by atoms with Crippen LogP contribution in [0.5, 0.6) is 0 Å². The second-order valence-electron chi connectivity index (χ2n) is 3.60. The van der Waals surface area contributed by atoms with Crippen molar-refractivity contribution in [3.63, 3.8) is 0 Å². The zero-order valence-corrected chi connectivity index (χ0v) is 7.84. The molecule has 0 aromatic heterocycles. The Morgan fingerprint density at radius 1 is 1.50 bits per heavy atom. The highest BCUT2D eigenvalue weighted by Crippen LogP contribution is 2.27. The molecule has 68 valence electrons. The molecular weight excluding hydrogens is 148 g/mol. The van der Waals surface area contributed by atoms with Crippen molar-refractivity contribution in [2.75, 3.05) is 0 Å². The summed E-state index contributed by atoms with van der Waals surface area (Å²) in [7, 11) is 0. The Hall–Kier alpha value is -0.560. The van der Waals surface area contributed by atoms with Crippen molar-refractivity contribution >= 4 is 0 Å². The molecule has 1 N–H and O–H groups in total. The van der Waals surface area contributed by atoms with E-state index in [4.69, 9.17) is 0 Å². The molecule has 0 spiro atoms. The summed E-state index contributed by atoms with van der Waals surface area (Å²) in [5.41, 5.74) is 2.94. The van der Waals surface area contributed by atoms with Gasteiger partial charge in [-0.2, -0.15) is 0 Å². The summed E-state index contributed by atoms with van der Waals surface area (Å²) in [6.45, 7) is 5.76. The van der Waals surface area contributed by atoms with E-state index in [1.165, 1.54) is 36.8 Å². The van der Waals surface area contributed by atoms with E-state index in [1.54, 1.807) is 6.08 Å². The zero-order valence-electron chi connectivity index (χ0n) is 7.84. The van der Waals surface area contributed by atoms with Crippen LogP contribution in [0.25, 0.3) is 0 Å². The molecule has 0 aromatic rings. The van der Waals surface area contributed by atoms with E-state index >= 15 is 0 Å². The van der Waals surface area contributed by atoms with Gasteiger partial charge in [-0.3, -0.25) is 0 Å². The van der Waals surface area contributed by atoms with E-state index in [0.717, 1.165) is 6.42 Å². The molecule has 0 saturated carbocycles. The Labute approximate surface area is 74.8 Å². The fourth-order valence-electron chi connectivity index (χ4n) is 1.73. The van der Waals surface area contributed by atoms with E-state index in [9.17, 15) is 5.11 Å². The number of hydrogen-bond donors (Lipinski definition) is 1. The van der Waals surface area contributed by atoms with E-state index in [-0.39, 0.29) is 6.10 Å². The largest absolute Gasteiger partial charge is 0.389 e. The molecule has 12 heavy (non-hydrogen) atoms. The lowest BCUT2D eigenvalue weighted by Crippen LogP contribution is -2.07. The van der Waals surface area contributed by atoms with E-state index < -0.39 is 0 Å². The Kier molecular flexibility index (Phi) is 3.54. The first-order valence-corrected chi connectivity index (χ1v) is 4.72. The summed E-state index contributed by atoms with van der Waals surface area (Å²) in [6.07, 6.45) is 7.09. The van der Waals surface area contributed by atoms with Gasteiger partial charge < -0.3 is 5.11 Å². The minimum absolute atomic E-state index is 0.340. The van der Waals surface area contributed by atoms with Crippen LogP contribution in [0.15, 0.2) is 23.8 Å². The number of rotatable bonds is 3. The molecule has 1 rings (SSSR count). The predicted octanol–water partition coefficient (Wildman–Crippen LogP) is 2.81. The predicted molar refractivity (Wildman–Crippen MR) is 52.0 cm³/mol. The first-order chi connectivity index (χ1) is 5.74. The maximum absolute atomic E-state index is 9.38. The fraction of sp³-hybridized carbons (Fsp3) is 0.636. The van der Waals surface area contributed by atoms with Crippen LogP contribution in [0.3, 0.4) is 0 Å². The van der Waals surface area contributed by atoms with Crippen LogP contribution >= 0.6 is 0 Å². The normalized spacial score (nSPS) is 20.8. The van der Waals surface area contributed by atoms with Crippen LogP contribution in [-0.4, -0.2) is 11.2 Å². The van der Waals surface area contributed by atoms with E-state index in [0.29, 0.717) is 0 Å². The van der Waals surface area contributed by atoms with Gasteiger partial charge in [0.1, 0.15) is 0 Å². The van der Waals surface area contributed by atoms with Gasteiger partial charge in [-0.1, -0.05) is 17.2 Å². The molecule has 0 aromatic carbocycles. The highest BCUT2D eigenvalue weighted by molar-refractivity contribution is 5.16. The van der Waals surface area contributed by atoms with Crippen LogP contribution in [0.2, 0.25) is 0 Å². The molecule has 0 saturated heterocycles. The molecule has 0 heterocycles. The lowest BCUT2D eigenvalue weighted by atomic mass is 9.89. The van der Waals surface area contributed by atoms with Crippen molar-refractivity contribution in [1.29, 1.82) is 0 Å². The van der Waals surface area contributed by atoms with Crippen LogP contribution in [0.1, 0.15) is 39.0 Å². The zero-order chi connectivity index (χ0) is 8.97. The van der Waals surface area contributed by atoms with Gasteiger partial charge in [0, 0.05) is 0 Å². The lowest BCUT2D eigenvalue weighted by molar-refractivity contribution is 0.221. The molecular formula is C11H18O. The number of aliphatic hydroxyl groups is 1. The van der Waals surface area contributed by atoms with Gasteiger partial charge in [-0.25, -0.2) is 0 Å². The summed E-state index contributed by atoms with van der Waals surface area (Å²) in [4.78, 5) is 0. The SMILES string of the molecule is C=C[C@@H](O)CC1=C(C)CCCC1. The fourth-order valence-corrected chi connectivity index (χ4v) is 1.73. The Bertz CT molecular complexity index is 191. The molecule has 0 amide bonds. The molecule has 1 nitrogen and oxygen atoms in total. The molecule has 0 aliphatic heterocycles. The third-order valence-electron chi connectivity index (χ3n) is 2.61. The van der Waals surface area contributed by atoms with E-state index in [1.807, 2.05) is 0 Å². The van der Waals surface area contributed by atoms with Gasteiger partial charge in [-0.15, -0.1) is 6.58 Å². The second kappa shape index (κ2) is 4.46. The minimum atomic E-state index is -0.340. The molecule has 1 heteroatoms. The molecule has 1 aliphatic carbocycles. The molecule has 1 atom stereocenters.